The van der Waals surface area contributed by atoms with Crippen molar-refractivity contribution in [2.45, 2.75) is 38.3 Å². The number of ether oxygens (including phenoxy) is 2. The van der Waals surface area contributed by atoms with E-state index in [2.05, 4.69) is 18.3 Å². The summed E-state index contributed by atoms with van der Waals surface area (Å²) in [5.74, 6) is 0.909. The van der Waals surface area contributed by atoms with Gasteiger partial charge < -0.3 is 14.8 Å². The Morgan fingerprint density at radius 3 is 3.00 bits per heavy atom. The van der Waals surface area contributed by atoms with Gasteiger partial charge >= 0.3 is 0 Å². The Kier molecular flexibility index (Phi) is 4.26. The minimum absolute atomic E-state index is 0.399. The predicted octanol–water partition coefficient (Wildman–Crippen LogP) is 3.06. The predicted molar refractivity (Wildman–Crippen MR) is 69.7 cm³/mol. The van der Waals surface area contributed by atoms with Gasteiger partial charge in [0.25, 0.3) is 0 Å². The van der Waals surface area contributed by atoms with Crippen LogP contribution in [0.2, 0.25) is 0 Å². The van der Waals surface area contributed by atoms with Crippen molar-refractivity contribution in [3.8, 4) is 5.75 Å². The van der Waals surface area contributed by atoms with Gasteiger partial charge in [0.2, 0.25) is 0 Å². The average Bonchev–Trinajstić information content (AvgIpc) is 2.39. The Balaban J connectivity index is 2.00. The number of methoxy groups -OCH3 is 1. The molecule has 0 bridgehead atoms. The molecule has 1 aromatic rings. The van der Waals surface area contributed by atoms with E-state index in [9.17, 15) is 0 Å². The number of rotatable bonds is 4. The van der Waals surface area contributed by atoms with Crippen LogP contribution in [0.15, 0.2) is 24.3 Å². The number of para-hydroxylation sites is 2. The summed E-state index contributed by atoms with van der Waals surface area (Å²) in [6, 6.07) is 8.56. The molecule has 1 heterocycles. The first kappa shape index (κ1) is 12.2. The second kappa shape index (κ2) is 5.92. The van der Waals surface area contributed by atoms with Crippen LogP contribution in [0.5, 0.6) is 5.75 Å². The summed E-state index contributed by atoms with van der Waals surface area (Å²) in [6.07, 6.45) is 3.63. The molecule has 0 saturated carbocycles. The molecule has 2 rings (SSSR count). The van der Waals surface area contributed by atoms with E-state index in [0.717, 1.165) is 37.3 Å². The number of hydrogen-bond donors (Lipinski definition) is 1. The monoisotopic (exact) mass is 235 g/mol. The number of hydrogen-bond acceptors (Lipinski definition) is 3. The molecule has 94 valence electrons. The molecule has 0 aliphatic carbocycles. The van der Waals surface area contributed by atoms with Crippen molar-refractivity contribution in [1.29, 1.82) is 0 Å². The summed E-state index contributed by atoms with van der Waals surface area (Å²) < 4.78 is 11.0. The van der Waals surface area contributed by atoms with Crippen molar-refractivity contribution in [2.75, 3.05) is 19.0 Å². The number of nitrogens with one attached hydrogen (secondary N) is 1. The maximum absolute atomic E-state index is 5.68. The van der Waals surface area contributed by atoms with E-state index in [-0.39, 0.29) is 0 Å². The third kappa shape index (κ3) is 3.13. The number of benzene rings is 1. The molecular weight excluding hydrogens is 214 g/mol. The average molecular weight is 235 g/mol. The standard InChI is InChI=1S/C14H21NO2/c1-3-12-10-11(8-9-17-12)15-13-6-4-5-7-14(13)16-2/h4-7,11-12,15H,3,8-10H2,1-2H3. The molecule has 1 aliphatic heterocycles. The molecule has 0 spiro atoms. The topological polar surface area (TPSA) is 30.5 Å². The minimum atomic E-state index is 0.399. The SMILES string of the molecule is CCC1CC(Nc2ccccc2OC)CCO1. The van der Waals surface area contributed by atoms with Gasteiger partial charge in [-0.1, -0.05) is 19.1 Å². The normalized spacial score (nSPS) is 24.4. The van der Waals surface area contributed by atoms with E-state index in [4.69, 9.17) is 9.47 Å². The summed E-state index contributed by atoms with van der Waals surface area (Å²) in [5, 5.41) is 3.56. The molecule has 2 atom stereocenters. The summed E-state index contributed by atoms with van der Waals surface area (Å²) in [6.45, 7) is 3.03. The first-order valence-electron chi connectivity index (χ1n) is 6.34. The highest BCUT2D eigenvalue weighted by Crippen LogP contribution is 2.27. The Morgan fingerprint density at radius 1 is 1.41 bits per heavy atom. The quantitative estimate of drug-likeness (QED) is 0.870. The lowest BCUT2D eigenvalue weighted by atomic mass is 10.0. The third-order valence-electron chi connectivity index (χ3n) is 3.29. The molecule has 3 heteroatoms. The molecule has 1 aromatic carbocycles. The Labute approximate surface area is 103 Å². The van der Waals surface area contributed by atoms with Crippen molar-refractivity contribution >= 4 is 5.69 Å². The van der Waals surface area contributed by atoms with E-state index >= 15 is 0 Å². The maximum Gasteiger partial charge on any atom is 0.141 e. The summed E-state index contributed by atoms with van der Waals surface area (Å²) in [7, 11) is 1.71. The highest BCUT2D eigenvalue weighted by molar-refractivity contribution is 5.56. The molecule has 1 fully saturated rings. The van der Waals surface area contributed by atoms with E-state index in [1.165, 1.54) is 0 Å². The van der Waals surface area contributed by atoms with Crippen LogP contribution in [0.25, 0.3) is 0 Å². The van der Waals surface area contributed by atoms with Crippen LogP contribution in [0, 0.1) is 0 Å². The zero-order chi connectivity index (χ0) is 12.1. The first-order valence-corrected chi connectivity index (χ1v) is 6.34. The van der Waals surface area contributed by atoms with Crippen LogP contribution in [0.4, 0.5) is 5.69 Å². The fraction of sp³-hybridized carbons (Fsp3) is 0.571. The molecule has 1 N–H and O–H groups in total. The highest BCUT2D eigenvalue weighted by Gasteiger charge is 2.21. The Morgan fingerprint density at radius 2 is 2.24 bits per heavy atom. The van der Waals surface area contributed by atoms with Gasteiger partial charge in [-0.15, -0.1) is 0 Å². The molecule has 0 aromatic heterocycles. The molecule has 3 nitrogen and oxygen atoms in total. The zero-order valence-corrected chi connectivity index (χ0v) is 10.6. The van der Waals surface area contributed by atoms with Gasteiger partial charge in [-0.25, -0.2) is 0 Å². The molecule has 1 aliphatic rings. The molecule has 1 saturated heterocycles. The third-order valence-corrected chi connectivity index (χ3v) is 3.29. The van der Waals surface area contributed by atoms with Crippen LogP contribution < -0.4 is 10.1 Å². The highest BCUT2D eigenvalue weighted by atomic mass is 16.5. The van der Waals surface area contributed by atoms with Gasteiger partial charge in [0.05, 0.1) is 18.9 Å². The van der Waals surface area contributed by atoms with E-state index in [1.54, 1.807) is 7.11 Å². The van der Waals surface area contributed by atoms with Crippen LogP contribution in [0.1, 0.15) is 26.2 Å². The largest absolute Gasteiger partial charge is 0.495 e. The van der Waals surface area contributed by atoms with Crippen LogP contribution >= 0.6 is 0 Å². The van der Waals surface area contributed by atoms with E-state index in [1.807, 2.05) is 18.2 Å². The van der Waals surface area contributed by atoms with Gasteiger partial charge in [-0.2, -0.15) is 0 Å². The molecule has 0 amide bonds. The summed E-state index contributed by atoms with van der Waals surface area (Å²) in [5.41, 5.74) is 1.08. The van der Waals surface area contributed by atoms with Crippen molar-refractivity contribution in [1.82, 2.24) is 0 Å². The number of anilines is 1. The van der Waals surface area contributed by atoms with Gasteiger partial charge in [-0.3, -0.25) is 0 Å². The van der Waals surface area contributed by atoms with Crippen molar-refractivity contribution < 1.29 is 9.47 Å². The summed E-state index contributed by atoms with van der Waals surface area (Å²) in [4.78, 5) is 0. The molecule has 2 unspecified atom stereocenters. The fourth-order valence-electron chi connectivity index (χ4n) is 2.28. The smallest absolute Gasteiger partial charge is 0.141 e. The second-order valence-corrected chi connectivity index (χ2v) is 4.47. The van der Waals surface area contributed by atoms with Crippen LogP contribution in [-0.2, 0) is 4.74 Å². The molecular formula is C14H21NO2. The second-order valence-electron chi connectivity index (χ2n) is 4.47. The van der Waals surface area contributed by atoms with Gasteiger partial charge in [0, 0.05) is 12.6 Å². The molecule has 17 heavy (non-hydrogen) atoms. The fourth-order valence-corrected chi connectivity index (χ4v) is 2.28. The first-order chi connectivity index (χ1) is 8.33. The van der Waals surface area contributed by atoms with E-state index in [0.29, 0.717) is 12.1 Å². The van der Waals surface area contributed by atoms with Gasteiger partial charge in [0.15, 0.2) is 0 Å². The molecule has 0 radical (unpaired) electrons. The van der Waals surface area contributed by atoms with Crippen LogP contribution in [0.3, 0.4) is 0 Å². The van der Waals surface area contributed by atoms with Crippen molar-refractivity contribution in [2.24, 2.45) is 0 Å². The van der Waals surface area contributed by atoms with Crippen molar-refractivity contribution in [3.05, 3.63) is 24.3 Å². The minimum Gasteiger partial charge on any atom is -0.495 e. The van der Waals surface area contributed by atoms with Crippen molar-refractivity contribution in [3.63, 3.8) is 0 Å². The zero-order valence-electron chi connectivity index (χ0n) is 10.6. The van der Waals surface area contributed by atoms with Crippen LogP contribution in [-0.4, -0.2) is 25.9 Å². The van der Waals surface area contributed by atoms with Gasteiger partial charge in [-0.05, 0) is 31.4 Å². The Bertz CT molecular complexity index is 354. The lowest BCUT2D eigenvalue weighted by molar-refractivity contribution is 0.00923. The lowest BCUT2D eigenvalue weighted by Crippen LogP contribution is -2.33. The maximum atomic E-state index is 5.68. The Hall–Kier alpha value is -1.22. The lowest BCUT2D eigenvalue weighted by Gasteiger charge is -2.30. The van der Waals surface area contributed by atoms with Gasteiger partial charge in [0.1, 0.15) is 5.75 Å². The summed E-state index contributed by atoms with van der Waals surface area (Å²) >= 11 is 0. The van der Waals surface area contributed by atoms with E-state index < -0.39 is 0 Å².